The summed E-state index contributed by atoms with van der Waals surface area (Å²) in [5, 5.41) is 5.60. The number of benzene rings is 10. The highest BCUT2D eigenvalue weighted by Crippen LogP contribution is 2.63. The molecule has 0 N–H and O–H groups in total. The molecule has 10 aromatic carbocycles. The molecule has 4 heterocycles. The van der Waals surface area contributed by atoms with Gasteiger partial charge in [-0.3, -0.25) is 9.97 Å². The smallest absolute Gasteiger partial charge is 0.0732 e. The highest BCUT2D eigenvalue weighted by atomic mass is 15.0. The minimum absolute atomic E-state index is 0.172. The summed E-state index contributed by atoms with van der Waals surface area (Å²) in [7, 11) is 0. The molecule has 4 aromatic heterocycles. The van der Waals surface area contributed by atoms with Crippen molar-refractivity contribution in [3.05, 3.63) is 282 Å². The Morgan fingerprint density at radius 1 is 0.299 bits per heavy atom. The third-order valence-corrected chi connectivity index (χ3v) is 21.6. The van der Waals surface area contributed by atoms with Crippen LogP contribution in [0.2, 0.25) is 0 Å². The Morgan fingerprint density at radius 2 is 0.678 bits per heavy atom. The lowest BCUT2D eigenvalue weighted by Crippen LogP contribution is -2.22. The summed E-state index contributed by atoms with van der Waals surface area (Å²) >= 11 is 0. The lowest BCUT2D eigenvalue weighted by molar-refractivity contribution is 0.534. The molecule has 0 saturated heterocycles. The van der Waals surface area contributed by atoms with E-state index in [1.165, 1.54) is 198 Å². The van der Waals surface area contributed by atoms with E-state index in [1.807, 2.05) is 0 Å². The first-order valence-corrected chi connectivity index (χ1v) is 32.0. The van der Waals surface area contributed by atoms with Crippen LogP contribution in [0.5, 0.6) is 0 Å². The van der Waals surface area contributed by atoms with Gasteiger partial charge in [0, 0.05) is 43.5 Å². The Kier molecular flexibility index (Phi) is 10.8. The summed E-state index contributed by atoms with van der Waals surface area (Å²) in [6.07, 6.45) is 17.7. The molecule has 2 fully saturated rings. The molecular weight excluding hydrogens is 1050 g/mol. The predicted octanol–water partition coefficient (Wildman–Crippen LogP) is 21.2. The van der Waals surface area contributed by atoms with E-state index in [1.54, 1.807) is 0 Å². The number of fused-ring (bicyclic) bond motifs is 24. The van der Waals surface area contributed by atoms with Crippen LogP contribution < -0.4 is 0 Å². The molecular formula is C84H63N3. The van der Waals surface area contributed by atoms with Gasteiger partial charge in [-0.05, 0) is 175 Å². The van der Waals surface area contributed by atoms with E-state index in [9.17, 15) is 0 Å². The number of nitrogens with zero attached hydrogens (tertiary/aromatic N) is 3. The van der Waals surface area contributed by atoms with Gasteiger partial charge in [0.05, 0.1) is 40.3 Å². The lowest BCUT2D eigenvalue weighted by Gasteiger charge is -2.26. The molecule has 0 unspecified atom stereocenters. The third kappa shape index (κ3) is 7.06. The van der Waals surface area contributed by atoms with Gasteiger partial charge in [-0.2, -0.15) is 0 Å². The van der Waals surface area contributed by atoms with Crippen LogP contribution in [0.3, 0.4) is 0 Å². The maximum atomic E-state index is 5.87. The molecule has 414 valence electrons. The molecule has 0 atom stereocenters. The van der Waals surface area contributed by atoms with Gasteiger partial charge in [-0.25, -0.2) is 0 Å². The van der Waals surface area contributed by atoms with Crippen molar-refractivity contribution in [3.8, 4) is 89.0 Å². The van der Waals surface area contributed by atoms with E-state index in [0.717, 1.165) is 51.4 Å². The van der Waals surface area contributed by atoms with Crippen LogP contribution in [0.25, 0.3) is 127 Å². The van der Waals surface area contributed by atoms with Crippen LogP contribution in [-0.2, 0) is 36.5 Å². The molecule has 87 heavy (non-hydrogen) atoms. The highest BCUT2D eigenvalue weighted by molar-refractivity contribution is 6.30. The molecule has 19 rings (SSSR count). The Labute approximate surface area is 508 Å². The molecule has 3 nitrogen and oxygen atoms in total. The van der Waals surface area contributed by atoms with Crippen molar-refractivity contribution in [2.45, 2.75) is 87.9 Å². The zero-order valence-corrected chi connectivity index (χ0v) is 48.8. The van der Waals surface area contributed by atoms with E-state index in [2.05, 4.69) is 241 Å². The molecule has 2 spiro atoms. The van der Waals surface area contributed by atoms with Gasteiger partial charge in [0.2, 0.25) is 0 Å². The van der Waals surface area contributed by atoms with Crippen molar-refractivity contribution in [1.29, 1.82) is 0 Å². The molecule has 14 aromatic rings. The van der Waals surface area contributed by atoms with Gasteiger partial charge in [-0.15, -0.1) is 0 Å². The fourth-order valence-corrected chi connectivity index (χ4v) is 17.9. The molecule has 0 aliphatic heterocycles. The zero-order valence-electron chi connectivity index (χ0n) is 48.8. The number of rotatable bonds is 6. The van der Waals surface area contributed by atoms with Crippen LogP contribution >= 0.6 is 0 Å². The van der Waals surface area contributed by atoms with Crippen molar-refractivity contribution < 1.29 is 0 Å². The first-order chi connectivity index (χ1) is 43.1. The molecule has 4 bridgehead atoms. The van der Waals surface area contributed by atoms with E-state index in [0.29, 0.717) is 0 Å². The number of aromatic nitrogens is 3. The summed E-state index contributed by atoms with van der Waals surface area (Å²) in [6.45, 7) is 0. The normalized spacial score (nSPS) is 15.9. The molecule has 5 aliphatic rings. The summed E-state index contributed by atoms with van der Waals surface area (Å²) in [5.41, 5.74) is 35.3. The van der Waals surface area contributed by atoms with Crippen LogP contribution in [0.1, 0.15) is 96.1 Å². The van der Waals surface area contributed by atoms with Crippen molar-refractivity contribution in [3.63, 3.8) is 0 Å². The second-order valence-corrected chi connectivity index (χ2v) is 26.0. The monoisotopic (exact) mass is 1110 g/mol. The van der Waals surface area contributed by atoms with Crippen LogP contribution in [0.15, 0.2) is 237 Å². The Balaban J connectivity index is 0.876. The van der Waals surface area contributed by atoms with Crippen molar-refractivity contribution >= 4 is 38.1 Å². The highest BCUT2D eigenvalue weighted by Gasteiger charge is 2.50. The third-order valence-electron chi connectivity index (χ3n) is 21.6. The van der Waals surface area contributed by atoms with Crippen LogP contribution in [0, 0.1) is 0 Å². The van der Waals surface area contributed by atoms with Gasteiger partial charge in [0.1, 0.15) is 0 Å². The molecule has 3 heteroatoms. The quantitative estimate of drug-likeness (QED) is 0.166. The van der Waals surface area contributed by atoms with Crippen LogP contribution in [-0.4, -0.2) is 14.4 Å². The second-order valence-electron chi connectivity index (χ2n) is 26.0. The standard InChI is InChI=1S/C84H63N3/c1-5-22-54(23-6-1)62-30-18-31-63(55-24-7-2-8-25-55)72(62)60-38-40-66-68(48-60)83(42-13-14-43-83)81-76(66)78-70(50-85-81)87-71-51-86-82-77(79(71)75-59-37-35-53-21-17-20-52(46-53)34-36-58(47-59)74(78)80(75)87)67-41-39-61(49-69(67)84(82)44-15-16-45-84)73-64(56-26-9-3-10-27-56)32-19-33-65(73)57-28-11-4-12-29-57/h1-12,17-33,38-41,46-51H,13-16,34-37,42-45H2. The van der Waals surface area contributed by atoms with Gasteiger partial charge < -0.3 is 4.40 Å². The SMILES string of the molecule is c1ccc(-c2cccc(-c3ccccc3)c2-c2ccc3c(c2)C2(CCCC2)c2ncc4c(c2-3)c2c3cc(c5c6c7c(ncc6n4c25)C2(CCCC2)c2cc(-c4c(-c5ccccc5)cccc4-c4ccccc4)ccc2-7)CCc2cccc(c2)CC3)cc1. The number of hydrogen-bond acceptors (Lipinski definition) is 2. The topological polar surface area (TPSA) is 30.2 Å². The summed E-state index contributed by atoms with van der Waals surface area (Å²) in [5.74, 6) is 0. The van der Waals surface area contributed by atoms with E-state index < -0.39 is 0 Å². The summed E-state index contributed by atoms with van der Waals surface area (Å²) in [6, 6.07) is 85.2. The maximum Gasteiger partial charge on any atom is 0.0732 e. The average molecular weight is 1110 g/mol. The maximum absolute atomic E-state index is 5.87. The fraction of sp³-hybridized carbons (Fsp3) is 0.167. The predicted molar refractivity (Wildman–Crippen MR) is 360 cm³/mol. The summed E-state index contributed by atoms with van der Waals surface area (Å²) < 4.78 is 2.67. The Bertz CT molecular complexity index is 4710. The van der Waals surface area contributed by atoms with Gasteiger partial charge in [0.25, 0.3) is 0 Å². The van der Waals surface area contributed by atoms with Crippen molar-refractivity contribution in [2.24, 2.45) is 0 Å². The number of pyridine rings is 2. The Morgan fingerprint density at radius 3 is 1.07 bits per heavy atom. The first-order valence-electron chi connectivity index (χ1n) is 32.0. The van der Waals surface area contributed by atoms with Gasteiger partial charge in [-0.1, -0.05) is 238 Å². The Hall–Kier alpha value is -9.70. The van der Waals surface area contributed by atoms with Gasteiger partial charge >= 0.3 is 0 Å². The zero-order chi connectivity index (χ0) is 57.0. The fourth-order valence-electron chi connectivity index (χ4n) is 17.9. The van der Waals surface area contributed by atoms with Crippen molar-refractivity contribution in [1.82, 2.24) is 14.4 Å². The van der Waals surface area contributed by atoms with E-state index in [4.69, 9.17) is 9.97 Å². The van der Waals surface area contributed by atoms with Gasteiger partial charge in [0.15, 0.2) is 0 Å². The molecule has 2 saturated carbocycles. The number of aryl methyl sites for hydroxylation is 4. The minimum Gasteiger partial charge on any atom is -0.305 e. The molecule has 0 amide bonds. The largest absolute Gasteiger partial charge is 0.305 e. The lowest BCUT2D eigenvalue weighted by atomic mass is 9.77. The average Bonchev–Trinajstić information content (AvgIpc) is 1.54. The first kappa shape index (κ1) is 49.5. The second kappa shape index (κ2) is 18.9. The molecule has 5 aliphatic carbocycles. The summed E-state index contributed by atoms with van der Waals surface area (Å²) in [4.78, 5) is 11.7. The van der Waals surface area contributed by atoms with Crippen LogP contribution in [0.4, 0.5) is 0 Å². The number of hydrogen-bond donors (Lipinski definition) is 0. The van der Waals surface area contributed by atoms with Crippen molar-refractivity contribution in [2.75, 3.05) is 0 Å². The van der Waals surface area contributed by atoms with E-state index in [-0.39, 0.29) is 10.8 Å². The minimum atomic E-state index is -0.172. The molecule has 0 radical (unpaired) electrons. The van der Waals surface area contributed by atoms with E-state index >= 15 is 0 Å².